The van der Waals surface area contributed by atoms with Gasteiger partial charge in [-0.1, -0.05) is 112 Å². The molecule has 9 aromatic carbocycles. The van der Waals surface area contributed by atoms with Gasteiger partial charge in [-0.3, -0.25) is 43.5 Å². The highest BCUT2D eigenvalue weighted by molar-refractivity contribution is 6.28. The second-order valence-electron chi connectivity index (χ2n) is 20.7. The molecule has 3 heterocycles. The number of hydrogen-bond acceptors (Lipinski definition) is 7. The van der Waals surface area contributed by atoms with E-state index in [-0.39, 0.29) is 35.4 Å². The van der Waals surface area contributed by atoms with E-state index in [4.69, 9.17) is 0 Å². The summed E-state index contributed by atoms with van der Waals surface area (Å²) in [6, 6.07) is 51.4. The van der Waals surface area contributed by atoms with E-state index in [0.717, 1.165) is 88.4 Å². The van der Waals surface area contributed by atoms with Crippen LogP contribution in [0.5, 0.6) is 0 Å². The monoisotopic (exact) mass is 1070 g/mol. The molecule has 0 aliphatic carbocycles. The van der Waals surface area contributed by atoms with Crippen LogP contribution in [-0.2, 0) is 0 Å². The highest BCUT2D eigenvalue weighted by Crippen LogP contribution is 2.38. The van der Waals surface area contributed by atoms with E-state index in [1.807, 2.05) is 148 Å². The number of carbonyl (C=O) groups excluding carboxylic acids is 6. The first kappa shape index (κ1) is 52.4. The van der Waals surface area contributed by atoms with Gasteiger partial charge in [-0.25, -0.2) is 0 Å². The predicted molar refractivity (Wildman–Crippen MR) is 322 cm³/mol. The minimum Gasteiger partial charge on any atom is -0.311 e. The highest BCUT2D eigenvalue weighted by Gasteiger charge is 2.35. The highest BCUT2D eigenvalue weighted by atomic mass is 16.2. The molecule has 398 valence electrons. The maximum absolute atomic E-state index is 13.5. The molecule has 3 aliphatic heterocycles. The summed E-state index contributed by atoms with van der Waals surface area (Å²) in [7, 11) is 0. The molecule has 0 saturated carbocycles. The lowest BCUT2D eigenvalue weighted by atomic mass is 9.91. The van der Waals surface area contributed by atoms with Crippen molar-refractivity contribution in [3.63, 3.8) is 0 Å². The van der Waals surface area contributed by atoms with E-state index in [1.54, 1.807) is 36.4 Å². The molecule has 0 atom stereocenters. The number of anilines is 3. The van der Waals surface area contributed by atoms with E-state index < -0.39 is 0 Å². The Balaban J connectivity index is 0.861. The van der Waals surface area contributed by atoms with Crippen molar-refractivity contribution in [2.75, 3.05) is 24.5 Å². The Morgan fingerprint density at radius 1 is 0.305 bits per heavy atom. The smallest absolute Gasteiger partial charge is 0.261 e. The van der Waals surface area contributed by atoms with Crippen molar-refractivity contribution < 1.29 is 28.8 Å². The second-order valence-corrected chi connectivity index (χ2v) is 20.7. The molecule has 0 saturated heterocycles. The van der Waals surface area contributed by atoms with Gasteiger partial charge in [0.25, 0.3) is 35.4 Å². The fraction of sp³-hybridized carbons (Fsp3) is 0.167. The molecular formula is C72H54N4O6. The molecule has 0 bridgehead atoms. The molecule has 12 rings (SSSR count). The molecule has 82 heavy (non-hydrogen) atoms. The van der Waals surface area contributed by atoms with Gasteiger partial charge in [-0.2, -0.15) is 0 Å². The average molecular weight is 1070 g/mol. The average Bonchev–Trinajstić information content (AvgIpc) is 3.70. The van der Waals surface area contributed by atoms with Crippen molar-refractivity contribution >= 4 is 84.8 Å². The second kappa shape index (κ2) is 22.1. The molecule has 0 unspecified atom stereocenters. The van der Waals surface area contributed by atoms with Crippen LogP contribution in [0.2, 0.25) is 0 Å². The third-order valence-electron chi connectivity index (χ3n) is 15.6. The summed E-state index contributed by atoms with van der Waals surface area (Å²) in [6.45, 7) is 7.24. The molecule has 0 aromatic heterocycles. The number of carbonyl (C=O) groups is 6. The molecule has 0 fully saturated rings. The summed E-state index contributed by atoms with van der Waals surface area (Å²) in [4.78, 5) is 87.5. The van der Waals surface area contributed by atoms with Crippen molar-refractivity contribution in [1.82, 2.24) is 14.7 Å². The van der Waals surface area contributed by atoms with Gasteiger partial charge in [0.15, 0.2) is 0 Å². The molecule has 0 radical (unpaired) electrons. The van der Waals surface area contributed by atoms with Gasteiger partial charge in [0.1, 0.15) is 0 Å². The molecule has 10 nitrogen and oxygen atoms in total. The molecule has 3 aliphatic rings. The molecule has 6 amide bonds. The topological polar surface area (TPSA) is 115 Å². The lowest BCUT2D eigenvalue weighted by molar-refractivity contribution is 0.0593. The van der Waals surface area contributed by atoms with Crippen LogP contribution in [0, 0.1) is 35.5 Å². The Bertz CT molecular complexity index is 3870. The maximum atomic E-state index is 13.5. The third-order valence-corrected chi connectivity index (χ3v) is 15.6. The predicted octanol–water partition coefficient (Wildman–Crippen LogP) is 14.0. The quantitative estimate of drug-likeness (QED) is 0.0884. The van der Waals surface area contributed by atoms with E-state index in [1.165, 1.54) is 14.7 Å². The lowest BCUT2D eigenvalue weighted by Crippen LogP contribution is -2.40. The Morgan fingerprint density at radius 3 is 0.817 bits per heavy atom. The zero-order valence-corrected chi connectivity index (χ0v) is 45.7. The lowest BCUT2D eigenvalue weighted by Gasteiger charge is -2.27. The van der Waals surface area contributed by atoms with Crippen LogP contribution in [0.15, 0.2) is 164 Å². The van der Waals surface area contributed by atoms with E-state index in [9.17, 15) is 28.8 Å². The van der Waals surface area contributed by atoms with Crippen molar-refractivity contribution in [3.8, 4) is 35.5 Å². The van der Waals surface area contributed by atoms with Gasteiger partial charge in [-0.05, 0) is 163 Å². The minimum absolute atomic E-state index is 0.277. The summed E-state index contributed by atoms with van der Waals surface area (Å²) < 4.78 is 0. The van der Waals surface area contributed by atoms with Crippen molar-refractivity contribution in [2.24, 2.45) is 0 Å². The normalized spacial score (nSPS) is 13.3. The van der Waals surface area contributed by atoms with Crippen LogP contribution in [0.4, 0.5) is 17.1 Å². The number of hydrogen-bond donors (Lipinski definition) is 0. The number of rotatable bonds is 12. The van der Waals surface area contributed by atoms with Gasteiger partial charge in [0, 0.05) is 120 Å². The molecule has 0 spiro atoms. The SMILES string of the molecule is CCCCN1C(=O)c2cccc3c(C#Cc4ccc(N(c5ccc(C#Cc6ccc7c8c(cccc68)C(=O)N(CCCC)C7=O)cc5)c5ccc(C#Cc6ccc7c8c(cccc68)C(=O)N(CCCC)C7=O)cc5)cc4)ccc(c23)C1=O. The van der Waals surface area contributed by atoms with Crippen LogP contribution in [0.1, 0.15) is 155 Å². The van der Waals surface area contributed by atoms with Gasteiger partial charge < -0.3 is 4.90 Å². The maximum Gasteiger partial charge on any atom is 0.261 e. The van der Waals surface area contributed by atoms with E-state index in [2.05, 4.69) is 40.4 Å². The fourth-order valence-electron chi connectivity index (χ4n) is 11.3. The Hall–Kier alpha value is -10.3. The first-order chi connectivity index (χ1) is 40.1. The number of amides is 6. The molecule has 9 aromatic rings. The zero-order valence-electron chi connectivity index (χ0n) is 45.7. The van der Waals surface area contributed by atoms with Crippen molar-refractivity contribution in [3.05, 3.63) is 231 Å². The van der Waals surface area contributed by atoms with Crippen LogP contribution in [-0.4, -0.2) is 69.8 Å². The van der Waals surface area contributed by atoms with Gasteiger partial charge in [-0.15, -0.1) is 0 Å². The standard InChI is InChI=1S/C72H54N4O6/c1-4-7-43-73-67(77)58-16-10-13-55-49(31-40-61(64(55)58)70(73)80)28-19-46-22-34-52(35-23-46)76(53-36-24-47(25-37-53)20-29-50-32-41-62-65-56(50)14-11-17-59(65)68(78)74(71(62)81)44-8-5-2)54-38-26-48(27-39-54)21-30-51-33-42-63-66-57(51)15-12-18-60(66)69(79)75(72(63)82)45-9-6-3/h10-18,22-27,31-42H,4-9,43-45H2,1-3H3. The van der Waals surface area contributed by atoms with Crippen LogP contribution < -0.4 is 4.90 Å². The first-order valence-electron chi connectivity index (χ1n) is 28.0. The Labute approximate surface area is 476 Å². The Kier molecular flexibility index (Phi) is 14.1. The van der Waals surface area contributed by atoms with Crippen LogP contribution in [0.3, 0.4) is 0 Å². The summed E-state index contributed by atoms with van der Waals surface area (Å²) in [5.41, 5.74) is 10.1. The zero-order chi connectivity index (χ0) is 56.6. The first-order valence-corrected chi connectivity index (χ1v) is 28.0. The van der Waals surface area contributed by atoms with Gasteiger partial charge >= 0.3 is 0 Å². The van der Waals surface area contributed by atoms with E-state index >= 15 is 0 Å². The molecular weight excluding hydrogens is 1020 g/mol. The van der Waals surface area contributed by atoms with Crippen LogP contribution >= 0.6 is 0 Å². The fourth-order valence-corrected chi connectivity index (χ4v) is 11.3. The van der Waals surface area contributed by atoms with Gasteiger partial charge in [0.05, 0.1) is 0 Å². The summed E-state index contributed by atoms with van der Waals surface area (Å²) in [6.07, 6.45) is 4.82. The Morgan fingerprint density at radius 2 is 0.561 bits per heavy atom. The number of nitrogens with zero attached hydrogens (tertiary/aromatic N) is 4. The number of benzene rings is 9. The van der Waals surface area contributed by atoms with Crippen molar-refractivity contribution in [2.45, 2.75) is 59.3 Å². The number of imide groups is 3. The van der Waals surface area contributed by atoms with E-state index in [0.29, 0.717) is 85.9 Å². The summed E-state index contributed by atoms with van der Waals surface area (Å²) in [5.74, 6) is 18.3. The molecule has 0 N–H and O–H groups in total. The van der Waals surface area contributed by atoms with Crippen LogP contribution in [0.25, 0.3) is 32.3 Å². The molecule has 10 heteroatoms. The van der Waals surface area contributed by atoms with Gasteiger partial charge in [0.2, 0.25) is 0 Å². The largest absolute Gasteiger partial charge is 0.311 e. The van der Waals surface area contributed by atoms with Crippen molar-refractivity contribution in [1.29, 1.82) is 0 Å². The summed E-state index contributed by atoms with van der Waals surface area (Å²) >= 11 is 0. The third kappa shape index (κ3) is 9.32. The minimum atomic E-state index is -0.277. The number of unbranched alkanes of at least 4 members (excludes halogenated alkanes) is 3. The summed E-state index contributed by atoms with van der Waals surface area (Å²) in [5, 5.41) is 4.19.